The summed E-state index contributed by atoms with van der Waals surface area (Å²) in [6.07, 6.45) is 3.10. The van der Waals surface area contributed by atoms with E-state index in [1.807, 2.05) is 31.2 Å². The van der Waals surface area contributed by atoms with E-state index in [0.29, 0.717) is 5.57 Å². The Morgan fingerprint density at radius 1 is 1.24 bits per heavy atom. The van der Waals surface area contributed by atoms with Crippen LogP contribution in [0.15, 0.2) is 53.1 Å². The zero-order valence-electron chi connectivity index (χ0n) is 12.3. The van der Waals surface area contributed by atoms with Gasteiger partial charge in [-0.05, 0) is 26.0 Å². The molecule has 0 aliphatic heterocycles. The molecule has 2 rings (SSSR count). The second kappa shape index (κ2) is 6.17. The first-order chi connectivity index (χ1) is 10.0. The normalized spacial score (nSPS) is 11.3. The molecule has 21 heavy (non-hydrogen) atoms. The number of ketones is 1. The third kappa shape index (κ3) is 3.25. The SMILES string of the molecule is CN/C=C(\C)C(=O)c1nn(-c2ccc(C)cc2)ccc1=O. The highest BCUT2D eigenvalue weighted by atomic mass is 16.1. The molecular formula is C16H17N3O2. The summed E-state index contributed by atoms with van der Waals surface area (Å²) in [6, 6.07) is 9.02. The lowest BCUT2D eigenvalue weighted by atomic mass is 10.1. The average Bonchev–Trinajstić information content (AvgIpc) is 2.48. The van der Waals surface area contributed by atoms with Crippen LogP contribution in [0.3, 0.4) is 0 Å². The molecule has 0 aliphatic rings. The maximum Gasteiger partial charge on any atom is 0.214 e. The number of hydrogen-bond donors (Lipinski definition) is 1. The van der Waals surface area contributed by atoms with Crippen LogP contribution in [-0.2, 0) is 0 Å². The van der Waals surface area contributed by atoms with E-state index in [4.69, 9.17) is 0 Å². The number of hydrogen-bond acceptors (Lipinski definition) is 4. The van der Waals surface area contributed by atoms with Gasteiger partial charge in [0, 0.05) is 31.1 Å². The third-order valence-corrected chi connectivity index (χ3v) is 3.04. The molecule has 2 aromatic rings. The van der Waals surface area contributed by atoms with Crippen LogP contribution in [0.5, 0.6) is 0 Å². The third-order valence-electron chi connectivity index (χ3n) is 3.04. The number of nitrogens with zero attached hydrogens (tertiary/aromatic N) is 2. The predicted molar refractivity (Wildman–Crippen MR) is 81.7 cm³/mol. The van der Waals surface area contributed by atoms with Crippen molar-refractivity contribution in [2.24, 2.45) is 0 Å². The van der Waals surface area contributed by atoms with Gasteiger partial charge in [0.2, 0.25) is 11.2 Å². The summed E-state index contributed by atoms with van der Waals surface area (Å²) in [4.78, 5) is 24.1. The van der Waals surface area contributed by atoms with Crippen LogP contribution in [0.25, 0.3) is 5.69 Å². The molecule has 0 bridgehead atoms. The Bertz CT molecular complexity index is 743. The monoisotopic (exact) mass is 283 g/mol. The molecule has 1 aromatic heterocycles. The fraction of sp³-hybridized carbons (Fsp3) is 0.188. The zero-order valence-corrected chi connectivity index (χ0v) is 12.3. The van der Waals surface area contributed by atoms with Gasteiger partial charge in [0.1, 0.15) is 0 Å². The van der Waals surface area contributed by atoms with Crippen molar-refractivity contribution in [3.63, 3.8) is 0 Å². The van der Waals surface area contributed by atoms with Crippen LogP contribution < -0.4 is 10.7 Å². The fourth-order valence-corrected chi connectivity index (χ4v) is 1.88. The number of rotatable bonds is 4. The summed E-state index contributed by atoms with van der Waals surface area (Å²) >= 11 is 0. The molecule has 0 spiro atoms. The van der Waals surface area contributed by atoms with Gasteiger partial charge in [0.25, 0.3) is 0 Å². The van der Waals surface area contributed by atoms with Crippen molar-refractivity contribution in [2.75, 3.05) is 7.05 Å². The van der Waals surface area contributed by atoms with Crippen molar-refractivity contribution in [3.05, 3.63) is 69.8 Å². The molecule has 0 atom stereocenters. The first-order valence-electron chi connectivity index (χ1n) is 6.58. The highest BCUT2D eigenvalue weighted by Crippen LogP contribution is 2.08. The summed E-state index contributed by atoms with van der Waals surface area (Å²) in [5.41, 5.74) is 1.90. The Labute approximate surface area is 122 Å². The van der Waals surface area contributed by atoms with Gasteiger partial charge in [-0.3, -0.25) is 9.59 Å². The van der Waals surface area contributed by atoms with E-state index >= 15 is 0 Å². The predicted octanol–water partition coefficient (Wildman–Crippen LogP) is 1.85. The minimum Gasteiger partial charge on any atom is -0.394 e. The number of aromatic nitrogens is 2. The largest absolute Gasteiger partial charge is 0.394 e. The van der Waals surface area contributed by atoms with Crippen molar-refractivity contribution < 1.29 is 4.79 Å². The molecule has 0 saturated heterocycles. The number of carbonyl (C=O) groups excluding carboxylic acids is 1. The number of aryl methyl sites for hydroxylation is 1. The van der Waals surface area contributed by atoms with Crippen LogP contribution >= 0.6 is 0 Å². The number of Topliss-reactive ketones (excluding diaryl/α,β-unsaturated/α-hetero) is 1. The molecule has 0 fully saturated rings. The Kier molecular flexibility index (Phi) is 4.33. The lowest BCUT2D eigenvalue weighted by molar-refractivity contribution is 0.102. The molecule has 0 radical (unpaired) electrons. The Morgan fingerprint density at radius 2 is 1.90 bits per heavy atom. The van der Waals surface area contributed by atoms with E-state index in [1.165, 1.54) is 10.7 Å². The summed E-state index contributed by atoms with van der Waals surface area (Å²) in [5.74, 6) is -0.379. The summed E-state index contributed by atoms with van der Waals surface area (Å²) in [7, 11) is 1.69. The lowest BCUT2D eigenvalue weighted by Gasteiger charge is -2.07. The zero-order chi connectivity index (χ0) is 15.4. The second-order valence-corrected chi connectivity index (χ2v) is 4.75. The van der Waals surface area contributed by atoms with Gasteiger partial charge in [-0.25, -0.2) is 4.68 Å². The van der Waals surface area contributed by atoms with Crippen molar-refractivity contribution in [3.8, 4) is 5.69 Å². The Hall–Kier alpha value is -2.69. The standard InChI is InChI=1S/C16H17N3O2/c1-11-4-6-13(7-5-11)19-9-8-14(20)15(18-19)16(21)12(2)10-17-3/h4-10,17H,1-3H3/b12-10+. The van der Waals surface area contributed by atoms with Crippen molar-refractivity contribution in [1.29, 1.82) is 0 Å². The van der Waals surface area contributed by atoms with E-state index in [-0.39, 0.29) is 16.9 Å². The maximum absolute atomic E-state index is 12.2. The molecule has 1 aromatic carbocycles. The molecule has 0 aliphatic carbocycles. The Balaban J connectivity index is 2.47. The van der Waals surface area contributed by atoms with Gasteiger partial charge < -0.3 is 5.32 Å². The quantitative estimate of drug-likeness (QED) is 0.687. The minimum absolute atomic E-state index is 0.0814. The molecule has 108 valence electrons. The summed E-state index contributed by atoms with van der Waals surface area (Å²) in [6.45, 7) is 3.63. The highest BCUT2D eigenvalue weighted by molar-refractivity contribution is 6.06. The summed E-state index contributed by atoms with van der Waals surface area (Å²) < 4.78 is 1.53. The van der Waals surface area contributed by atoms with Gasteiger partial charge in [0.15, 0.2) is 5.69 Å². The highest BCUT2D eigenvalue weighted by Gasteiger charge is 2.15. The van der Waals surface area contributed by atoms with Crippen molar-refractivity contribution in [2.45, 2.75) is 13.8 Å². The number of nitrogens with one attached hydrogen (secondary N) is 1. The first-order valence-corrected chi connectivity index (χ1v) is 6.58. The molecule has 5 nitrogen and oxygen atoms in total. The van der Waals surface area contributed by atoms with Gasteiger partial charge >= 0.3 is 0 Å². The molecule has 1 heterocycles. The molecular weight excluding hydrogens is 266 g/mol. The van der Waals surface area contributed by atoms with E-state index in [1.54, 1.807) is 26.4 Å². The molecule has 1 N–H and O–H groups in total. The second-order valence-electron chi connectivity index (χ2n) is 4.75. The molecule has 0 amide bonds. The smallest absolute Gasteiger partial charge is 0.214 e. The number of allylic oxidation sites excluding steroid dienone is 1. The average molecular weight is 283 g/mol. The van der Waals surface area contributed by atoms with E-state index in [0.717, 1.165) is 11.3 Å². The van der Waals surface area contributed by atoms with E-state index in [9.17, 15) is 9.59 Å². The van der Waals surface area contributed by atoms with Crippen molar-refractivity contribution >= 4 is 5.78 Å². The number of carbonyl (C=O) groups is 1. The molecule has 5 heteroatoms. The van der Waals surface area contributed by atoms with E-state index < -0.39 is 0 Å². The molecule has 0 saturated carbocycles. The lowest BCUT2D eigenvalue weighted by Crippen LogP contribution is -2.21. The van der Waals surface area contributed by atoms with E-state index in [2.05, 4.69) is 10.4 Å². The van der Waals surface area contributed by atoms with Gasteiger partial charge in [0.05, 0.1) is 5.69 Å². The van der Waals surface area contributed by atoms with Crippen molar-refractivity contribution in [1.82, 2.24) is 15.1 Å². The number of benzene rings is 1. The van der Waals surface area contributed by atoms with Crippen LogP contribution in [0.1, 0.15) is 23.0 Å². The van der Waals surface area contributed by atoms with Gasteiger partial charge in [-0.2, -0.15) is 5.10 Å². The first kappa shape index (κ1) is 14.7. The van der Waals surface area contributed by atoms with Gasteiger partial charge in [-0.15, -0.1) is 0 Å². The minimum atomic E-state index is -0.382. The fourth-order valence-electron chi connectivity index (χ4n) is 1.88. The van der Waals surface area contributed by atoms with Crippen LogP contribution in [0, 0.1) is 6.92 Å². The maximum atomic E-state index is 12.2. The molecule has 0 unspecified atom stereocenters. The van der Waals surface area contributed by atoms with Crippen LogP contribution in [0.4, 0.5) is 0 Å². The van der Waals surface area contributed by atoms with Crippen LogP contribution in [-0.4, -0.2) is 22.6 Å². The van der Waals surface area contributed by atoms with Crippen LogP contribution in [0.2, 0.25) is 0 Å². The topological polar surface area (TPSA) is 64.0 Å². The van der Waals surface area contributed by atoms with Gasteiger partial charge in [-0.1, -0.05) is 17.7 Å². The Morgan fingerprint density at radius 3 is 2.52 bits per heavy atom. The summed E-state index contributed by atoms with van der Waals surface area (Å²) in [5, 5.41) is 6.93.